The van der Waals surface area contributed by atoms with Gasteiger partial charge in [-0.3, -0.25) is 14.4 Å². The summed E-state index contributed by atoms with van der Waals surface area (Å²) in [5.74, 6) is 0.0380. The maximum Gasteiger partial charge on any atom is 0.314 e. The molecule has 3 aromatic rings. The van der Waals surface area contributed by atoms with Crippen LogP contribution in [0.25, 0.3) is 11.0 Å². The van der Waals surface area contributed by atoms with Crippen LogP contribution < -0.4 is 15.8 Å². The monoisotopic (exact) mass is 418 g/mol. The van der Waals surface area contributed by atoms with Gasteiger partial charge in [-0.05, 0) is 43.2 Å². The van der Waals surface area contributed by atoms with E-state index in [0.29, 0.717) is 31.4 Å². The molecule has 1 aromatic carbocycles. The molecule has 2 aromatic heterocycles. The number of hydrogen-bond donors (Lipinski definition) is 3. The van der Waals surface area contributed by atoms with E-state index in [9.17, 15) is 22.8 Å². The van der Waals surface area contributed by atoms with E-state index in [1.54, 1.807) is 17.0 Å². The van der Waals surface area contributed by atoms with Gasteiger partial charge in [-0.1, -0.05) is 0 Å². The number of aromatic amines is 2. The van der Waals surface area contributed by atoms with Crippen LogP contribution in [0.1, 0.15) is 23.4 Å². The largest absolute Gasteiger partial charge is 0.459 e. The molecule has 0 spiro atoms. The quantitative estimate of drug-likeness (QED) is 0.523. The molecular weight excluding hydrogens is 400 g/mol. The number of aromatic nitrogens is 2. The van der Waals surface area contributed by atoms with Gasteiger partial charge < -0.3 is 19.3 Å². The fraction of sp³-hybridized carbons (Fsp3) is 0.278. The second-order valence-corrected chi connectivity index (χ2v) is 8.49. The first-order valence-corrected chi connectivity index (χ1v) is 10.4. The standard InChI is InChI=1S/C18H18N4O6S/c23-16-17(24)20-14-10-12(3-4-13(14)19-16)29(26,27)21-11-5-7-22(8-6-11)18(25)15-2-1-9-28-15/h1-4,9-11,21H,5-8H2,(H,19,23)(H,20,24). The van der Waals surface area contributed by atoms with Crippen molar-refractivity contribution in [1.82, 2.24) is 19.6 Å². The molecule has 1 aliphatic heterocycles. The van der Waals surface area contributed by atoms with Gasteiger partial charge >= 0.3 is 11.1 Å². The topological polar surface area (TPSA) is 145 Å². The summed E-state index contributed by atoms with van der Waals surface area (Å²) in [5.41, 5.74) is -1.11. The highest BCUT2D eigenvalue weighted by atomic mass is 32.2. The van der Waals surface area contributed by atoms with Crippen LogP contribution in [0.4, 0.5) is 0 Å². The number of amides is 1. The fourth-order valence-electron chi connectivity index (χ4n) is 3.31. The number of nitrogens with zero attached hydrogens (tertiary/aromatic N) is 1. The van der Waals surface area contributed by atoms with Crippen LogP contribution in [0, 0.1) is 0 Å². The van der Waals surface area contributed by atoms with E-state index in [2.05, 4.69) is 14.7 Å². The first kappa shape index (κ1) is 19.2. The number of piperidine rings is 1. The average molecular weight is 418 g/mol. The molecule has 152 valence electrons. The summed E-state index contributed by atoms with van der Waals surface area (Å²) in [6.45, 7) is 0.804. The average Bonchev–Trinajstić information content (AvgIpc) is 3.23. The highest BCUT2D eigenvalue weighted by molar-refractivity contribution is 7.89. The predicted octanol–water partition coefficient (Wildman–Crippen LogP) is 0.392. The first-order valence-electron chi connectivity index (χ1n) is 8.95. The van der Waals surface area contributed by atoms with E-state index in [1.165, 1.54) is 24.5 Å². The normalized spacial score (nSPS) is 15.7. The molecule has 0 saturated carbocycles. The summed E-state index contributed by atoms with van der Waals surface area (Å²) in [5, 5.41) is 0. The minimum absolute atomic E-state index is 0.0261. The molecule has 1 saturated heterocycles. The number of hydrogen-bond acceptors (Lipinski definition) is 6. The molecule has 4 rings (SSSR count). The van der Waals surface area contributed by atoms with Crippen LogP contribution in [0.2, 0.25) is 0 Å². The number of carbonyl (C=O) groups excluding carboxylic acids is 1. The number of furan rings is 1. The van der Waals surface area contributed by atoms with Crippen molar-refractivity contribution < 1.29 is 17.6 Å². The van der Waals surface area contributed by atoms with Crippen molar-refractivity contribution in [1.29, 1.82) is 0 Å². The van der Waals surface area contributed by atoms with Crippen LogP contribution in [0.3, 0.4) is 0 Å². The van der Waals surface area contributed by atoms with Gasteiger partial charge in [-0.2, -0.15) is 0 Å². The maximum absolute atomic E-state index is 12.7. The summed E-state index contributed by atoms with van der Waals surface area (Å²) >= 11 is 0. The minimum atomic E-state index is -3.84. The number of sulfonamides is 1. The zero-order valence-electron chi connectivity index (χ0n) is 15.2. The van der Waals surface area contributed by atoms with Crippen molar-refractivity contribution in [2.45, 2.75) is 23.8 Å². The van der Waals surface area contributed by atoms with E-state index in [-0.39, 0.29) is 28.1 Å². The van der Waals surface area contributed by atoms with Gasteiger partial charge in [0.05, 0.1) is 22.2 Å². The molecule has 0 unspecified atom stereocenters. The fourth-order valence-corrected chi connectivity index (χ4v) is 4.64. The number of nitrogens with one attached hydrogen (secondary N) is 3. The van der Waals surface area contributed by atoms with Crippen molar-refractivity contribution in [3.8, 4) is 0 Å². The highest BCUT2D eigenvalue weighted by Gasteiger charge is 2.28. The minimum Gasteiger partial charge on any atom is -0.459 e. The van der Waals surface area contributed by atoms with Gasteiger partial charge in [0, 0.05) is 19.1 Å². The molecule has 10 nitrogen and oxygen atoms in total. The van der Waals surface area contributed by atoms with Gasteiger partial charge in [-0.15, -0.1) is 0 Å². The molecular formula is C18H18N4O6S. The molecule has 1 fully saturated rings. The molecule has 3 N–H and O–H groups in total. The summed E-state index contributed by atoms with van der Waals surface area (Å²) in [7, 11) is -3.84. The van der Waals surface area contributed by atoms with E-state index >= 15 is 0 Å². The Morgan fingerprint density at radius 3 is 2.41 bits per heavy atom. The third-order valence-corrected chi connectivity index (χ3v) is 6.36. The van der Waals surface area contributed by atoms with E-state index in [4.69, 9.17) is 4.42 Å². The van der Waals surface area contributed by atoms with Crippen LogP contribution in [0.5, 0.6) is 0 Å². The lowest BCUT2D eigenvalue weighted by Crippen LogP contribution is -2.46. The SMILES string of the molecule is O=C(c1ccco1)N1CCC(NS(=O)(=O)c2ccc3[nH]c(=O)c(=O)[nH]c3c2)CC1. The van der Waals surface area contributed by atoms with Crippen molar-refractivity contribution >= 4 is 27.0 Å². The number of rotatable bonds is 4. The number of benzene rings is 1. The molecule has 0 atom stereocenters. The van der Waals surface area contributed by atoms with Gasteiger partial charge in [0.1, 0.15) is 0 Å². The number of likely N-dealkylation sites (tertiary alicyclic amines) is 1. The highest BCUT2D eigenvalue weighted by Crippen LogP contribution is 2.19. The summed E-state index contributed by atoms with van der Waals surface area (Å²) in [6, 6.07) is 6.98. The smallest absolute Gasteiger partial charge is 0.314 e. The van der Waals surface area contributed by atoms with Gasteiger partial charge in [-0.25, -0.2) is 13.1 Å². The van der Waals surface area contributed by atoms with Gasteiger partial charge in [0.15, 0.2) is 5.76 Å². The first-order chi connectivity index (χ1) is 13.8. The zero-order chi connectivity index (χ0) is 20.6. The van der Waals surface area contributed by atoms with Gasteiger partial charge in [0.25, 0.3) is 5.91 Å². The Bertz CT molecular complexity index is 1270. The third-order valence-electron chi connectivity index (χ3n) is 4.84. The Labute approximate surface area is 164 Å². The molecule has 0 radical (unpaired) electrons. The van der Waals surface area contributed by atoms with Crippen molar-refractivity contribution in [3.63, 3.8) is 0 Å². The Morgan fingerprint density at radius 1 is 1.07 bits per heavy atom. The Balaban J connectivity index is 1.46. The molecule has 0 aliphatic carbocycles. The van der Waals surface area contributed by atoms with E-state index < -0.39 is 21.1 Å². The van der Waals surface area contributed by atoms with Crippen LogP contribution >= 0.6 is 0 Å². The Kier molecular flexibility index (Phi) is 4.84. The Morgan fingerprint density at radius 2 is 1.76 bits per heavy atom. The van der Waals surface area contributed by atoms with Crippen molar-refractivity contribution in [2.24, 2.45) is 0 Å². The van der Waals surface area contributed by atoms with E-state index in [0.717, 1.165) is 0 Å². The number of H-pyrrole nitrogens is 2. The van der Waals surface area contributed by atoms with Crippen molar-refractivity contribution in [3.05, 3.63) is 63.1 Å². The lowest BCUT2D eigenvalue weighted by Gasteiger charge is -2.31. The summed E-state index contributed by atoms with van der Waals surface area (Å²) in [4.78, 5) is 41.5. The lowest BCUT2D eigenvalue weighted by molar-refractivity contribution is 0.0679. The molecule has 1 aliphatic rings. The van der Waals surface area contributed by atoms with Crippen LogP contribution in [0.15, 0.2) is 55.5 Å². The third kappa shape index (κ3) is 3.87. The zero-order valence-corrected chi connectivity index (χ0v) is 16.0. The summed E-state index contributed by atoms with van der Waals surface area (Å²) in [6.07, 6.45) is 2.35. The van der Waals surface area contributed by atoms with Crippen molar-refractivity contribution in [2.75, 3.05) is 13.1 Å². The van der Waals surface area contributed by atoms with Gasteiger partial charge in [0.2, 0.25) is 10.0 Å². The molecule has 29 heavy (non-hydrogen) atoms. The van der Waals surface area contributed by atoms with Crippen LogP contribution in [-0.4, -0.2) is 48.3 Å². The van der Waals surface area contributed by atoms with Crippen LogP contribution in [-0.2, 0) is 10.0 Å². The second kappa shape index (κ2) is 7.33. The molecule has 3 heterocycles. The molecule has 11 heteroatoms. The Hall–Kier alpha value is -3.18. The predicted molar refractivity (Wildman–Crippen MR) is 103 cm³/mol. The molecule has 1 amide bonds. The molecule has 0 bridgehead atoms. The van der Waals surface area contributed by atoms with E-state index in [1.807, 2.05) is 0 Å². The number of fused-ring (bicyclic) bond motifs is 1. The second-order valence-electron chi connectivity index (χ2n) is 6.78. The number of carbonyl (C=O) groups is 1. The maximum atomic E-state index is 12.7. The lowest BCUT2D eigenvalue weighted by atomic mass is 10.1. The summed E-state index contributed by atoms with van der Waals surface area (Å²) < 4.78 is 33.2.